The molecule has 3 atom stereocenters. The first-order chi connectivity index (χ1) is 10.3. The van der Waals surface area contributed by atoms with Crippen molar-refractivity contribution < 1.29 is 39.9 Å². The summed E-state index contributed by atoms with van der Waals surface area (Å²) in [6.45, 7) is -0.0678. The third-order valence-corrected chi connectivity index (χ3v) is 2.76. The van der Waals surface area contributed by atoms with Crippen molar-refractivity contribution in [3.8, 4) is 0 Å². The maximum Gasteiger partial charge on any atom is 0.377 e. The van der Waals surface area contributed by atoms with Crippen LogP contribution < -0.4 is 11.5 Å². The second-order valence-electron chi connectivity index (χ2n) is 4.54. The number of unbranched alkanes of at least 4 members (excludes halogenated alkanes) is 1. The van der Waals surface area contributed by atoms with Crippen molar-refractivity contribution in [1.82, 2.24) is 0 Å². The van der Waals surface area contributed by atoms with E-state index in [0.717, 1.165) is 12.8 Å². The molecule has 1 rings (SSSR count). The Kier molecular flexibility index (Phi) is 12.3. The average Bonchev–Trinajstić information content (AvgIpc) is 2.74. The van der Waals surface area contributed by atoms with Crippen molar-refractivity contribution in [2.45, 2.75) is 37.5 Å². The monoisotopic (exact) mass is 358 g/mol. The Bertz CT molecular complexity index is 418. The molecule has 11 heteroatoms. The second-order valence-corrected chi connectivity index (χ2v) is 4.54. The van der Waals surface area contributed by atoms with Gasteiger partial charge in [0.1, 0.15) is 12.1 Å². The molecule has 136 valence electrons. The van der Waals surface area contributed by atoms with Gasteiger partial charge in [0, 0.05) is 0 Å². The number of hydrogen-bond donors (Lipinski definition) is 7. The fraction of sp³-hybridized carbons (Fsp3) is 0.667. The molecular formula is C12H23ClN2O8. The summed E-state index contributed by atoms with van der Waals surface area (Å²) in [6.07, 6.45) is -0.613. The molecule has 0 bridgehead atoms. The zero-order valence-corrected chi connectivity index (χ0v) is 13.1. The molecule has 0 radical (unpaired) electrons. The van der Waals surface area contributed by atoms with Crippen LogP contribution in [0.1, 0.15) is 19.3 Å². The zero-order chi connectivity index (χ0) is 17.3. The first-order valence-corrected chi connectivity index (χ1v) is 6.56. The van der Waals surface area contributed by atoms with E-state index in [1.165, 1.54) is 0 Å². The van der Waals surface area contributed by atoms with Crippen LogP contribution in [-0.4, -0.2) is 68.9 Å². The molecule has 0 aromatic heterocycles. The molecule has 23 heavy (non-hydrogen) atoms. The van der Waals surface area contributed by atoms with Gasteiger partial charge in [-0.1, -0.05) is 6.42 Å². The molecule has 1 aliphatic rings. The summed E-state index contributed by atoms with van der Waals surface area (Å²) in [4.78, 5) is 20.7. The van der Waals surface area contributed by atoms with Gasteiger partial charge < -0.3 is 41.7 Å². The van der Waals surface area contributed by atoms with Gasteiger partial charge in [-0.25, -0.2) is 4.79 Å². The Labute approximate surface area is 138 Å². The van der Waals surface area contributed by atoms with Crippen molar-refractivity contribution in [2.24, 2.45) is 11.5 Å². The van der Waals surface area contributed by atoms with Crippen LogP contribution in [0.4, 0.5) is 0 Å². The summed E-state index contributed by atoms with van der Waals surface area (Å²) in [5.74, 6) is -3.71. The lowest BCUT2D eigenvalue weighted by Gasteiger charge is -2.13. The summed E-state index contributed by atoms with van der Waals surface area (Å²) >= 11 is 0. The number of aliphatic hydroxyl groups is 4. The molecule has 0 aromatic carbocycles. The standard InChI is InChI=1S/C6H14N2O2.C6H8O6.ClH/c7-4-2-1-3-5(8)6(9)10;7-1-2(8)5-3(9)4(10)6(11)12-5;/h5H,1-4,7-8H2,(H,9,10);2,5,7-10H,1H2;1H/t;2-,5?;/m.1./s1. The predicted octanol–water partition coefficient (Wildman–Crippen LogP) is -1.46. The van der Waals surface area contributed by atoms with Crippen LogP contribution in [0.15, 0.2) is 11.5 Å². The van der Waals surface area contributed by atoms with Gasteiger partial charge in [-0.3, -0.25) is 4.79 Å². The van der Waals surface area contributed by atoms with E-state index >= 15 is 0 Å². The third-order valence-electron chi connectivity index (χ3n) is 2.76. The van der Waals surface area contributed by atoms with Gasteiger partial charge in [-0.05, 0) is 19.4 Å². The number of halogens is 1. The van der Waals surface area contributed by atoms with Crippen LogP contribution in [0.2, 0.25) is 0 Å². The molecule has 9 N–H and O–H groups in total. The molecule has 0 aromatic rings. The first kappa shape index (κ1) is 23.7. The molecular weight excluding hydrogens is 336 g/mol. The number of cyclic esters (lactones) is 1. The van der Waals surface area contributed by atoms with Crippen LogP contribution in [0.3, 0.4) is 0 Å². The number of aliphatic carboxylic acids is 1. The van der Waals surface area contributed by atoms with E-state index in [1.807, 2.05) is 0 Å². The Morgan fingerprint density at radius 2 is 1.87 bits per heavy atom. The van der Waals surface area contributed by atoms with Crippen LogP contribution in [0.5, 0.6) is 0 Å². The number of nitrogens with two attached hydrogens (primary N) is 2. The number of aliphatic hydroxyl groups excluding tert-OH is 4. The van der Waals surface area contributed by atoms with Crippen molar-refractivity contribution in [1.29, 1.82) is 0 Å². The normalized spacial score (nSPS) is 19.1. The fourth-order valence-corrected chi connectivity index (χ4v) is 1.45. The highest BCUT2D eigenvalue weighted by Crippen LogP contribution is 2.20. The van der Waals surface area contributed by atoms with Crippen LogP contribution in [-0.2, 0) is 14.3 Å². The topological polar surface area (TPSA) is 197 Å². The highest BCUT2D eigenvalue weighted by atomic mass is 35.5. The molecule has 0 saturated carbocycles. The number of rotatable bonds is 7. The van der Waals surface area contributed by atoms with Gasteiger partial charge in [0.05, 0.1) is 6.61 Å². The number of esters is 1. The van der Waals surface area contributed by atoms with E-state index in [9.17, 15) is 9.59 Å². The van der Waals surface area contributed by atoms with Crippen molar-refractivity contribution >= 4 is 24.3 Å². The van der Waals surface area contributed by atoms with Crippen LogP contribution in [0, 0.1) is 0 Å². The summed E-state index contributed by atoms with van der Waals surface area (Å²) in [5, 5.41) is 43.4. The van der Waals surface area contributed by atoms with Gasteiger partial charge in [-0.15, -0.1) is 12.4 Å². The number of carboxylic acid groups (broad SMARTS) is 1. The van der Waals surface area contributed by atoms with Crippen molar-refractivity contribution in [3.05, 3.63) is 11.5 Å². The Balaban J connectivity index is 0. The van der Waals surface area contributed by atoms with Crippen molar-refractivity contribution in [3.63, 3.8) is 0 Å². The molecule has 0 amide bonds. The number of carboxylic acids is 1. The van der Waals surface area contributed by atoms with E-state index in [-0.39, 0.29) is 12.4 Å². The van der Waals surface area contributed by atoms with E-state index in [0.29, 0.717) is 13.0 Å². The lowest BCUT2D eigenvalue weighted by atomic mass is 10.1. The molecule has 0 aliphatic carbocycles. The quantitative estimate of drug-likeness (QED) is 0.208. The smallest absolute Gasteiger partial charge is 0.377 e. The third kappa shape index (κ3) is 8.00. The predicted molar refractivity (Wildman–Crippen MR) is 81.0 cm³/mol. The number of ether oxygens (including phenoxy) is 1. The summed E-state index contributed by atoms with van der Waals surface area (Å²) in [6, 6.07) is -0.716. The Morgan fingerprint density at radius 3 is 2.22 bits per heavy atom. The van der Waals surface area contributed by atoms with Gasteiger partial charge >= 0.3 is 11.9 Å². The van der Waals surface area contributed by atoms with Gasteiger partial charge in [0.2, 0.25) is 5.76 Å². The lowest BCUT2D eigenvalue weighted by molar-refractivity contribution is -0.147. The first-order valence-electron chi connectivity index (χ1n) is 6.56. The Morgan fingerprint density at radius 1 is 1.30 bits per heavy atom. The molecule has 2 unspecified atom stereocenters. The minimum Gasteiger partial charge on any atom is -0.505 e. The maximum absolute atomic E-state index is 10.5. The second kappa shape index (κ2) is 11.9. The van der Waals surface area contributed by atoms with Crippen LogP contribution >= 0.6 is 12.4 Å². The van der Waals surface area contributed by atoms with Crippen LogP contribution in [0.25, 0.3) is 0 Å². The molecule has 0 saturated heterocycles. The van der Waals surface area contributed by atoms with Gasteiger partial charge in [0.15, 0.2) is 11.9 Å². The van der Waals surface area contributed by atoms with Crippen molar-refractivity contribution in [2.75, 3.05) is 13.2 Å². The highest BCUT2D eigenvalue weighted by Gasteiger charge is 2.38. The average molecular weight is 359 g/mol. The summed E-state index contributed by atoms with van der Waals surface area (Å²) in [7, 11) is 0. The molecule has 1 aliphatic heterocycles. The largest absolute Gasteiger partial charge is 0.505 e. The van der Waals surface area contributed by atoms with E-state index in [4.69, 9.17) is 37.0 Å². The van der Waals surface area contributed by atoms with Gasteiger partial charge in [-0.2, -0.15) is 0 Å². The van der Waals surface area contributed by atoms with Gasteiger partial charge in [0.25, 0.3) is 0 Å². The number of carbonyl (C=O) groups is 2. The van der Waals surface area contributed by atoms with E-state index in [2.05, 4.69) is 4.74 Å². The highest BCUT2D eigenvalue weighted by molar-refractivity contribution is 5.89. The van der Waals surface area contributed by atoms with E-state index < -0.39 is 48.3 Å². The molecule has 1 heterocycles. The Hall–Kier alpha value is -1.59. The molecule has 10 nitrogen and oxygen atoms in total. The SMILES string of the molecule is Cl.NCCCCC(N)C(=O)O.O=C1OC([C@H](O)CO)C(O)=C1O. The number of hydrogen-bond acceptors (Lipinski definition) is 9. The fourth-order valence-electron chi connectivity index (χ4n) is 1.45. The molecule has 0 spiro atoms. The van der Waals surface area contributed by atoms with E-state index in [1.54, 1.807) is 0 Å². The maximum atomic E-state index is 10.5. The zero-order valence-electron chi connectivity index (χ0n) is 12.3. The molecule has 0 fully saturated rings. The lowest BCUT2D eigenvalue weighted by Crippen LogP contribution is -2.31. The summed E-state index contributed by atoms with van der Waals surface area (Å²) in [5.41, 5.74) is 10.4. The minimum atomic E-state index is -1.42. The summed E-state index contributed by atoms with van der Waals surface area (Å²) < 4.78 is 4.32. The number of carbonyl (C=O) groups excluding carboxylic acids is 1. The minimum absolute atomic E-state index is 0.